The Morgan fingerprint density at radius 3 is 3.26 bits per heavy atom. The van der Waals surface area contributed by atoms with Crippen LogP contribution >= 0.6 is 22.9 Å². The van der Waals surface area contributed by atoms with Crippen molar-refractivity contribution in [3.63, 3.8) is 0 Å². The molecule has 4 nitrogen and oxygen atoms in total. The summed E-state index contributed by atoms with van der Waals surface area (Å²) in [6, 6.07) is 2.58. The van der Waals surface area contributed by atoms with Gasteiger partial charge in [0.1, 0.15) is 5.82 Å². The summed E-state index contributed by atoms with van der Waals surface area (Å²) in [5.74, 6) is 0.868. The number of fused-ring (bicyclic) bond motifs is 1. The van der Waals surface area contributed by atoms with Gasteiger partial charge in [-0.1, -0.05) is 6.92 Å². The van der Waals surface area contributed by atoms with Gasteiger partial charge >= 0.3 is 0 Å². The number of thiophene rings is 1. The molecule has 0 aliphatic carbocycles. The lowest BCUT2D eigenvalue weighted by Crippen LogP contribution is -2.34. The van der Waals surface area contributed by atoms with Crippen molar-refractivity contribution in [2.45, 2.75) is 25.8 Å². The fraction of sp³-hybridized carbons (Fsp3) is 0.538. The second-order valence-electron chi connectivity index (χ2n) is 4.78. The molecule has 3 heterocycles. The van der Waals surface area contributed by atoms with Gasteiger partial charge in [0, 0.05) is 12.6 Å². The number of anilines is 1. The van der Waals surface area contributed by atoms with Crippen LogP contribution in [0.5, 0.6) is 0 Å². The summed E-state index contributed by atoms with van der Waals surface area (Å²) in [5, 5.41) is 5.79. The van der Waals surface area contributed by atoms with Crippen molar-refractivity contribution in [2.24, 2.45) is 0 Å². The average Bonchev–Trinajstić information content (AvgIpc) is 3.03. The molecule has 0 spiro atoms. The van der Waals surface area contributed by atoms with E-state index in [0.29, 0.717) is 11.3 Å². The molecule has 0 radical (unpaired) electrons. The Bertz CT molecular complexity index is 571. The first-order valence-electron chi connectivity index (χ1n) is 6.66. The SMILES string of the molecule is CCN1CCCC1CNc1nc(Cl)nc2ccsc12. The molecule has 2 aromatic rings. The predicted molar refractivity (Wildman–Crippen MR) is 81.2 cm³/mol. The molecule has 1 aliphatic rings. The molecule has 1 aliphatic heterocycles. The highest BCUT2D eigenvalue weighted by molar-refractivity contribution is 7.17. The highest BCUT2D eigenvalue weighted by Gasteiger charge is 2.23. The van der Waals surface area contributed by atoms with Gasteiger partial charge in [0.25, 0.3) is 0 Å². The number of hydrogen-bond acceptors (Lipinski definition) is 5. The molecule has 3 rings (SSSR count). The minimum absolute atomic E-state index is 0.312. The quantitative estimate of drug-likeness (QED) is 0.880. The molecule has 1 N–H and O–H groups in total. The largest absolute Gasteiger partial charge is 0.367 e. The second-order valence-corrected chi connectivity index (χ2v) is 6.04. The van der Waals surface area contributed by atoms with Crippen LogP contribution in [0.25, 0.3) is 10.2 Å². The number of likely N-dealkylation sites (N-methyl/N-ethyl adjacent to an activating group) is 1. The number of aromatic nitrogens is 2. The van der Waals surface area contributed by atoms with Gasteiger partial charge in [-0.25, -0.2) is 4.98 Å². The average molecular weight is 297 g/mol. The van der Waals surface area contributed by atoms with Gasteiger partial charge in [0.15, 0.2) is 0 Å². The van der Waals surface area contributed by atoms with E-state index in [4.69, 9.17) is 11.6 Å². The summed E-state index contributed by atoms with van der Waals surface area (Å²) in [5.41, 5.74) is 0.922. The lowest BCUT2D eigenvalue weighted by molar-refractivity contribution is 0.277. The summed E-state index contributed by atoms with van der Waals surface area (Å²) < 4.78 is 1.09. The van der Waals surface area contributed by atoms with Gasteiger partial charge in [-0.05, 0) is 49.0 Å². The standard InChI is InChI=1S/C13H17ClN4S/c1-2-18-6-3-4-9(18)8-15-12-11-10(5-7-19-11)16-13(14)17-12/h5,7,9H,2-4,6,8H2,1H3,(H,15,16,17). The van der Waals surface area contributed by atoms with E-state index in [9.17, 15) is 0 Å². The van der Waals surface area contributed by atoms with Crippen molar-refractivity contribution in [3.8, 4) is 0 Å². The van der Waals surface area contributed by atoms with Crippen molar-refractivity contribution >= 4 is 39.0 Å². The number of hydrogen-bond donors (Lipinski definition) is 1. The Morgan fingerprint density at radius 2 is 2.42 bits per heavy atom. The maximum Gasteiger partial charge on any atom is 0.224 e. The van der Waals surface area contributed by atoms with Crippen LogP contribution in [0.15, 0.2) is 11.4 Å². The summed E-state index contributed by atoms with van der Waals surface area (Å²) >= 11 is 7.62. The molecule has 102 valence electrons. The molecule has 19 heavy (non-hydrogen) atoms. The minimum Gasteiger partial charge on any atom is -0.367 e. The lowest BCUT2D eigenvalue weighted by atomic mass is 10.2. The highest BCUT2D eigenvalue weighted by atomic mass is 35.5. The molecule has 1 saturated heterocycles. The van der Waals surface area contributed by atoms with Gasteiger partial charge in [-0.15, -0.1) is 11.3 Å². The zero-order chi connectivity index (χ0) is 13.2. The minimum atomic E-state index is 0.312. The normalized spacial score (nSPS) is 20.2. The van der Waals surface area contributed by atoms with Crippen molar-refractivity contribution in [1.29, 1.82) is 0 Å². The number of nitrogens with zero attached hydrogens (tertiary/aromatic N) is 3. The van der Waals surface area contributed by atoms with Crippen LogP contribution in [0.1, 0.15) is 19.8 Å². The summed E-state index contributed by atoms with van der Waals surface area (Å²) in [6.07, 6.45) is 2.55. The molecule has 2 aromatic heterocycles. The van der Waals surface area contributed by atoms with Crippen molar-refractivity contribution in [2.75, 3.05) is 25.0 Å². The van der Waals surface area contributed by atoms with E-state index >= 15 is 0 Å². The molecule has 0 bridgehead atoms. The topological polar surface area (TPSA) is 41.0 Å². The summed E-state index contributed by atoms with van der Waals surface area (Å²) in [6.45, 7) is 5.47. The van der Waals surface area contributed by atoms with E-state index in [1.165, 1.54) is 19.4 Å². The Hall–Kier alpha value is -0.910. The second kappa shape index (κ2) is 5.61. The Kier molecular flexibility index (Phi) is 3.86. The van der Waals surface area contributed by atoms with E-state index in [1.54, 1.807) is 11.3 Å². The van der Waals surface area contributed by atoms with Crippen LogP contribution in [0.2, 0.25) is 5.28 Å². The monoisotopic (exact) mass is 296 g/mol. The predicted octanol–water partition coefficient (Wildman–Crippen LogP) is 3.24. The number of likely N-dealkylation sites (tertiary alicyclic amines) is 1. The molecular weight excluding hydrogens is 280 g/mol. The van der Waals surface area contributed by atoms with Crippen LogP contribution < -0.4 is 5.32 Å². The zero-order valence-corrected chi connectivity index (χ0v) is 12.5. The third kappa shape index (κ3) is 2.68. The number of nitrogens with one attached hydrogen (secondary N) is 1. The number of halogens is 1. The maximum absolute atomic E-state index is 5.96. The Labute approximate surface area is 121 Å². The molecule has 0 saturated carbocycles. The van der Waals surface area contributed by atoms with Crippen LogP contribution in [0, 0.1) is 0 Å². The first-order valence-corrected chi connectivity index (χ1v) is 7.92. The van der Waals surface area contributed by atoms with E-state index in [1.807, 2.05) is 11.4 Å². The maximum atomic E-state index is 5.96. The first-order chi connectivity index (χ1) is 9.28. The fourth-order valence-corrected chi connectivity index (χ4v) is 3.68. The van der Waals surface area contributed by atoms with Gasteiger partial charge in [0.05, 0.1) is 10.2 Å². The summed E-state index contributed by atoms with van der Waals surface area (Å²) in [4.78, 5) is 11.1. The smallest absolute Gasteiger partial charge is 0.224 e. The first kappa shape index (κ1) is 13.1. The van der Waals surface area contributed by atoms with Gasteiger partial charge in [-0.3, -0.25) is 4.90 Å². The molecule has 1 unspecified atom stereocenters. The third-order valence-corrected chi connectivity index (χ3v) is 4.77. The number of rotatable bonds is 4. The molecule has 1 fully saturated rings. The zero-order valence-electron chi connectivity index (χ0n) is 10.9. The summed E-state index contributed by atoms with van der Waals surface area (Å²) in [7, 11) is 0. The van der Waals surface area contributed by atoms with E-state index in [0.717, 1.165) is 29.1 Å². The highest BCUT2D eigenvalue weighted by Crippen LogP contribution is 2.27. The molecule has 1 atom stereocenters. The van der Waals surface area contributed by atoms with Gasteiger partial charge in [0.2, 0.25) is 5.28 Å². The van der Waals surface area contributed by atoms with E-state index in [-0.39, 0.29) is 0 Å². The van der Waals surface area contributed by atoms with Crippen molar-refractivity contribution < 1.29 is 0 Å². The van der Waals surface area contributed by atoms with Crippen LogP contribution in [-0.4, -0.2) is 40.5 Å². The Morgan fingerprint density at radius 1 is 1.53 bits per heavy atom. The molecule has 6 heteroatoms. The van der Waals surface area contributed by atoms with Crippen LogP contribution in [-0.2, 0) is 0 Å². The van der Waals surface area contributed by atoms with Crippen LogP contribution in [0.3, 0.4) is 0 Å². The van der Waals surface area contributed by atoms with Crippen molar-refractivity contribution in [3.05, 3.63) is 16.7 Å². The molecule has 0 aromatic carbocycles. The lowest BCUT2D eigenvalue weighted by Gasteiger charge is -2.23. The van der Waals surface area contributed by atoms with E-state index in [2.05, 4.69) is 27.1 Å². The third-order valence-electron chi connectivity index (χ3n) is 3.69. The molecule has 0 amide bonds. The Balaban J connectivity index is 1.76. The van der Waals surface area contributed by atoms with Crippen molar-refractivity contribution in [1.82, 2.24) is 14.9 Å². The fourth-order valence-electron chi connectivity index (χ4n) is 2.71. The van der Waals surface area contributed by atoms with E-state index < -0.39 is 0 Å². The van der Waals surface area contributed by atoms with Gasteiger partial charge in [-0.2, -0.15) is 4.98 Å². The van der Waals surface area contributed by atoms with Gasteiger partial charge < -0.3 is 5.32 Å². The molecular formula is C13H17ClN4S. The van der Waals surface area contributed by atoms with Crippen LogP contribution in [0.4, 0.5) is 5.82 Å².